The molecule has 1 aromatic carbocycles. The summed E-state index contributed by atoms with van der Waals surface area (Å²) in [6.07, 6.45) is 6.68. The number of hydrogen-bond donors (Lipinski definition) is 1. The molecule has 1 fully saturated rings. The first-order chi connectivity index (χ1) is 13.2. The Hall–Kier alpha value is -2.87. The minimum Gasteiger partial charge on any atom is -0.357 e. The summed E-state index contributed by atoms with van der Waals surface area (Å²) in [6, 6.07) is 13.9. The van der Waals surface area contributed by atoms with Crippen molar-refractivity contribution in [2.45, 2.75) is 39.0 Å². The van der Waals surface area contributed by atoms with Gasteiger partial charge in [0.15, 0.2) is 0 Å². The molecule has 1 amide bonds. The Bertz CT molecular complexity index is 785. The topological polar surface area (TPSA) is 69.0 Å². The predicted octanol–water partition coefficient (Wildman–Crippen LogP) is 4.15. The SMILES string of the molecule is CCCCc1ccc(NC(=O)C2CCN(c3ccc(C#N)cn3)CC2)cc1. The molecule has 1 N–H and O–H groups in total. The molecule has 0 spiro atoms. The average Bonchev–Trinajstić information content (AvgIpc) is 2.73. The zero-order chi connectivity index (χ0) is 19.1. The van der Waals surface area contributed by atoms with E-state index in [9.17, 15) is 4.79 Å². The van der Waals surface area contributed by atoms with Crippen molar-refractivity contribution in [2.24, 2.45) is 5.92 Å². The number of aromatic nitrogens is 1. The van der Waals surface area contributed by atoms with Gasteiger partial charge in [-0.25, -0.2) is 4.98 Å². The van der Waals surface area contributed by atoms with Crippen LogP contribution in [-0.2, 0) is 11.2 Å². The number of benzene rings is 1. The second-order valence-corrected chi connectivity index (χ2v) is 7.07. The van der Waals surface area contributed by atoms with Crippen LogP contribution in [0.5, 0.6) is 0 Å². The second kappa shape index (κ2) is 9.18. The van der Waals surface area contributed by atoms with E-state index in [1.807, 2.05) is 18.2 Å². The van der Waals surface area contributed by atoms with Crippen molar-refractivity contribution in [1.82, 2.24) is 4.98 Å². The maximum atomic E-state index is 12.6. The predicted molar refractivity (Wildman–Crippen MR) is 108 cm³/mol. The van der Waals surface area contributed by atoms with Crippen molar-refractivity contribution in [1.29, 1.82) is 5.26 Å². The molecule has 5 nitrogen and oxygen atoms in total. The smallest absolute Gasteiger partial charge is 0.227 e. The lowest BCUT2D eigenvalue weighted by atomic mass is 9.95. The minimum atomic E-state index is 0.0272. The van der Waals surface area contributed by atoms with Gasteiger partial charge in [0.05, 0.1) is 5.56 Å². The molecule has 2 heterocycles. The molecular weight excluding hydrogens is 336 g/mol. The standard InChI is InChI=1S/C22H26N4O/c1-2-3-4-17-5-8-20(9-6-17)25-22(27)19-11-13-26(14-12-19)21-10-7-18(15-23)16-24-21/h5-10,16,19H,2-4,11-14H2,1H3,(H,25,27). The number of carbonyl (C=O) groups excluding carboxylic acids is 1. The fourth-order valence-electron chi connectivity index (χ4n) is 3.39. The van der Waals surface area contributed by atoms with Gasteiger partial charge in [0.25, 0.3) is 0 Å². The van der Waals surface area contributed by atoms with Gasteiger partial charge in [-0.2, -0.15) is 5.26 Å². The maximum absolute atomic E-state index is 12.6. The molecule has 3 rings (SSSR count). The molecule has 1 aliphatic heterocycles. The Balaban J connectivity index is 1.50. The highest BCUT2D eigenvalue weighted by atomic mass is 16.1. The Morgan fingerprint density at radius 1 is 1.22 bits per heavy atom. The van der Waals surface area contributed by atoms with Gasteiger partial charge in [0, 0.05) is 30.9 Å². The van der Waals surface area contributed by atoms with E-state index in [1.54, 1.807) is 12.3 Å². The van der Waals surface area contributed by atoms with Crippen LogP contribution in [0.4, 0.5) is 11.5 Å². The first-order valence-electron chi connectivity index (χ1n) is 9.70. The lowest BCUT2D eigenvalue weighted by Crippen LogP contribution is -2.38. The number of nitrogens with one attached hydrogen (secondary N) is 1. The minimum absolute atomic E-state index is 0.0272. The summed E-state index contributed by atoms with van der Waals surface area (Å²) in [5, 5.41) is 11.9. The van der Waals surface area contributed by atoms with E-state index in [1.165, 1.54) is 18.4 Å². The molecule has 1 saturated heterocycles. The first kappa shape index (κ1) is 18.9. The fraction of sp³-hybridized carbons (Fsp3) is 0.409. The van der Waals surface area contributed by atoms with Crippen LogP contribution in [0.25, 0.3) is 0 Å². The molecule has 0 aliphatic carbocycles. The van der Waals surface area contributed by atoms with Gasteiger partial charge in [-0.15, -0.1) is 0 Å². The van der Waals surface area contributed by atoms with Gasteiger partial charge < -0.3 is 10.2 Å². The third kappa shape index (κ3) is 5.07. The van der Waals surface area contributed by atoms with Crippen LogP contribution >= 0.6 is 0 Å². The van der Waals surface area contributed by atoms with Crippen molar-refractivity contribution >= 4 is 17.4 Å². The maximum Gasteiger partial charge on any atom is 0.227 e. The number of nitrogens with zero attached hydrogens (tertiary/aromatic N) is 3. The van der Waals surface area contributed by atoms with Crippen molar-refractivity contribution in [2.75, 3.05) is 23.3 Å². The molecule has 27 heavy (non-hydrogen) atoms. The normalized spacial score (nSPS) is 14.6. The summed E-state index contributed by atoms with van der Waals surface area (Å²) in [7, 11) is 0. The number of nitriles is 1. The van der Waals surface area contributed by atoms with Crippen LogP contribution in [0.2, 0.25) is 0 Å². The van der Waals surface area contributed by atoms with E-state index >= 15 is 0 Å². The van der Waals surface area contributed by atoms with Crippen LogP contribution in [0.1, 0.15) is 43.7 Å². The van der Waals surface area contributed by atoms with E-state index in [0.29, 0.717) is 5.56 Å². The van der Waals surface area contributed by atoms with Gasteiger partial charge in [0.2, 0.25) is 5.91 Å². The number of amides is 1. The summed E-state index contributed by atoms with van der Waals surface area (Å²) < 4.78 is 0. The largest absolute Gasteiger partial charge is 0.357 e. The van der Waals surface area contributed by atoms with Crippen LogP contribution in [0, 0.1) is 17.2 Å². The highest BCUT2D eigenvalue weighted by Gasteiger charge is 2.25. The van der Waals surface area contributed by atoms with E-state index in [0.717, 1.165) is 43.9 Å². The summed E-state index contributed by atoms with van der Waals surface area (Å²) in [6.45, 7) is 3.79. The van der Waals surface area contributed by atoms with Crippen LogP contribution in [0.3, 0.4) is 0 Å². The zero-order valence-electron chi connectivity index (χ0n) is 15.8. The quantitative estimate of drug-likeness (QED) is 0.838. The summed E-state index contributed by atoms with van der Waals surface area (Å²) >= 11 is 0. The number of unbranched alkanes of at least 4 members (excludes halogenated alkanes) is 1. The Kier molecular flexibility index (Phi) is 6.43. The lowest BCUT2D eigenvalue weighted by Gasteiger charge is -2.32. The zero-order valence-corrected chi connectivity index (χ0v) is 15.8. The van der Waals surface area contributed by atoms with Crippen LogP contribution in [0.15, 0.2) is 42.6 Å². The number of aryl methyl sites for hydroxylation is 1. The molecule has 0 saturated carbocycles. The number of hydrogen-bond acceptors (Lipinski definition) is 4. The van der Waals surface area contributed by atoms with Gasteiger partial charge in [-0.3, -0.25) is 4.79 Å². The van der Waals surface area contributed by atoms with Crippen molar-refractivity contribution in [3.05, 3.63) is 53.7 Å². The van der Waals surface area contributed by atoms with Crippen molar-refractivity contribution in [3.8, 4) is 6.07 Å². The van der Waals surface area contributed by atoms with Crippen molar-refractivity contribution in [3.63, 3.8) is 0 Å². The summed E-state index contributed by atoms with van der Waals surface area (Å²) in [5.74, 6) is 0.999. The van der Waals surface area contributed by atoms with E-state index in [4.69, 9.17) is 5.26 Å². The van der Waals surface area contributed by atoms with E-state index < -0.39 is 0 Å². The molecule has 0 radical (unpaired) electrons. The fourth-order valence-corrected chi connectivity index (χ4v) is 3.39. The first-order valence-corrected chi connectivity index (χ1v) is 9.70. The molecule has 0 unspecified atom stereocenters. The molecule has 1 aromatic heterocycles. The summed E-state index contributed by atoms with van der Waals surface area (Å²) in [5.41, 5.74) is 2.75. The number of carbonyl (C=O) groups is 1. The second-order valence-electron chi connectivity index (χ2n) is 7.07. The molecule has 2 aromatic rings. The highest BCUT2D eigenvalue weighted by molar-refractivity contribution is 5.92. The number of pyridine rings is 1. The van der Waals surface area contributed by atoms with E-state index in [2.05, 4.69) is 40.3 Å². The lowest BCUT2D eigenvalue weighted by molar-refractivity contribution is -0.120. The van der Waals surface area contributed by atoms with Gasteiger partial charge >= 0.3 is 0 Å². The van der Waals surface area contributed by atoms with Crippen molar-refractivity contribution < 1.29 is 4.79 Å². The Morgan fingerprint density at radius 3 is 2.56 bits per heavy atom. The van der Waals surface area contributed by atoms with Gasteiger partial charge in [-0.05, 0) is 55.5 Å². The van der Waals surface area contributed by atoms with Crippen LogP contribution < -0.4 is 10.2 Å². The molecular formula is C22H26N4O. The number of rotatable bonds is 6. The molecule has 1 aliphatic rings. The third-order valence-corrected chi connectivity index (χ3v) is 5.11. The Morgan fingerprint density at radius 2 is 1.96 bits per heavy atom. The number of anilines is 2. The van der Waals surface area contributed by atoms with Crippen LogP contribution in [-0.4, -0.2) is 24.0 Å². The van der Waals surface area contributed by atoms with Gasteiger partial charge in [-0.1, -0.05) is 25.5 Å². The monoisotopic (exact) mass is 362 g/mol. The average molecular weight is 362 g/mol. The molecule has 0 bridgehead atoms. The van der Waals surface area contributed by atoms with Gasteiger partial charge in [0.1, 0.15) is 11.9 Å². The Labute approximate surface area is 161 Å². The molecule has 5 heteroatoms. The van der Waals surface area contributed by atoms with E-state index in [-0.39, 0.29) is 11.8 Å². The third-order valence-electron chi connectivity index (χ3n) is 5.11. The number of piperidine rings is 1. The molecule has 0 atom stereocenters. The highest BCUT2D eigenvalue weighted by Crippen LogP contribution is 2.23. The molecule has 140 valence electrons. The summed E-state index contributed by atoms with van der Waals surface area (Å²) in [4.78, 5) is 19.1.